The van der Waals surface area contributed by atoms with Gasteiger partial charge in [0, 0.05) is 46.5 Å². The molecule has 5 aromatic rings. The number of thiazole rings is 1. The van der Waals surface area contributed by atoms with Crippen LogP contribution in [0.3, 0.4) is 0 Å². The van der Waals surface area contributed by atoms with Crippen molar-refractivity contribution >= 4 is 50.0 Å². The van der Waals surface area contributed by atoms with E-state index >= 15 is 0 Å². The summed E-state index contributed by atoms with van der Waals surface area (Å²) in [6, 6.07) is 12.0. The van der Waals surface area contributed by atoms with E-state index in [1.165, 1.54) is 5.56 Å². The number of carbonyl (C=O) groups excluding carboxylic acids is 1. The van der Waals surface area contributed by atoms with Crippen molar-refractivity contribution in [3.05, 3.63) is 70.5 Å². The van der Waals surface area contributed by atoms with E-state index in [1.807, 2.05) is 69.8 Å². The smallest absolute Gasteiger partial charge is 0.163 e. The number of hydrogen-bond donors (Lipinski definition) is 0. The van der Waals surface area contributed by atoms with Crippen LogP contribution in [0.1, 0.15) is 50.5 Å². The Morgan fingerprint density at radius 2 is 1.78 bits per heavy atom. The number of Topliss-reactive ketones (excluding diaryl/α,β-unsaturated/α-hetero) is 1. The lowest BCUT2D eigenvalue weighted by molar-refractivity contribution is -0.138. The summed E-state index contributed by atoms with van der Waals surface area (Å²) >= 11 is 7.85. The molecule has 0 saturated carbocycles. The molecule has 0 N–H and O–H groups in total. The Hall–Kier alpha value is -3.06. The highest BCUT2D eigenvalue weighted by molar-refractivity contribution is 7.22. The molecule has 7 heteroatoms. The van der Waals surface area contributed by atoms with Gasteiger partial charge in [-0.3, -0.25) is 4.79 Å². The first kappa shape index (κ1) is 25.6. The predicted octanol–water partition coefficient (Wildman–Crippen LogP) is 8.23. The van der Waals surface area contributed by atoms with Gasteiger partial charge in [0.15, 0.2) is 5.78 Å². The lowest BCUT2D eigenvalue weighted by atomic mass is 9.90. The molecule has 5 nitrogen and oxygen atoms in total. The fourth-order valence-corrected chi connectivity index (χ4v) is 6.07. The van der Waals surface area contributed by atoms with Crippen molar-refractivity contribution in [3.8, 4) is 21.7 Å². The van der Waals surface area contributed by atoms with Crippen molar-refractivity contribution in [3.63, 3.8) is 0 Å². The maximum Gasteiger partial charge on any atom is 0.163 e. The molecule has 2 aromatic carbocycles. The summed E-state index contributed by atoms with van der Waals surface area (Å²) in [5.74, 6) is -0.0356. The molecular weight excluding hydrogens is 502 g/mol. The number of pyridine rings is 1. The maximum absolute atomic E-state index is 13.0. The molecule has 0 radical (unpaired) electrons. The molecule has 0 aliphatic carbocycles. The summed E-state index contributed by atoms with van der Waals surface area (Å²) in [5.41, 5.74) is 7.26. The standard InChI is InChI=1S/C30H30ClN3O2S/c1-16-12-23-27(37-29(33-23)20-13-22-17(2)15-34(7)28(22)32-14-20)25(19-8-10-21(31)11-9-19)24(16)26(18(3)35)36-30(4,5)6/h8-15,26H,1-7H3/t26-/m1/s1. The van der Waals surface area contributed by atoms with Crippen molar-refractivity contribution in [2.75, 3.05) is 0 Å². The first-order valence-electron chi connectivity index (χ1n) is 12.2. The summed E-state index contributed by atoms with van der Waals surface area (Å²) in [4.78, 5) is 22.7. The molecule has 0 fully saturated rings. The molecule has 0 spiro atoms. The average molecular weight is 532 g/mol. The Labute approximate surface area is 226 Å². The van der Waals surface area contributed by atoms with Gasteiger partial charge in [-0.2, -0.15) is 0 Å². The molecule has 0 bridgehead atoms. The zero-order valence-corrected chi connectivity index (χ0v) is 23.7. The predicted molar refractivity (Wildman–Crippen MR) is 154 cm³/mol. The molecule has 0 aliphatic heterocycles. The van der Waals surface area contributed by atoms with E-state index in [9.17, 15) is 4.79 Å². The van der Waals surface area contributed by atoms with Crippen LogP contribution >= 0.6 is 22.9 Å². The molecule has 0 saturated heterocycles. The van der Waals surface area contributed by atoms with Gasteiger partial charge in [-0.15, -0.1) is 11.3 Å². The number of fused-ring (bicyclic) bond motifs is 2. The van der Waals surface area contributed by atoms with Gasteiger partial charge in [-0.05, 0) is 82.5 Å². The van der Waals surface area contributed by atoms with E-state index in [0.717, 1.165) is 54.1 Å². The van der Waals surface area contributed by atoms with Crippen LogP contribution in [0, 0.1) is 13.8 Å². The number of aromatic nitrogens is 3. The van der Waals surface area contributed by atoms with Gasteiger partial charge >= 0.3 is 0 Å². The summed E-state index contributed by atoms with van der Waals surface area (Å²) in [6.45, 7) is 11.6. The highest BCUT2D eigenvalue weighted by Gasteiger charge is 2.30. The van der Waals surface area contributed by atoms with Crippen molar-refractivity contribution < 1.29 is 9.53 Å². The van der Waals surface area contributed by atoms with Gasteiger partial charge in [-0.25, -0.2) is 9.97 Å². The third-order valence-corrected chi connectivity index (χ3v) is 7.81. The molecule has 0 amide bonds. The second kappa shape index (κ2) is 9.35. The number of benzene rings is 2. The van der Waals surface area contributed by atoms with Gasteiger partial charge < -0.3 is 9.30 Å². The van der Waals surface area contributed by atoms with Gasteiger partial charge in [0.1, 0.15) is 16.8 Å². The van der Waals surface area contributed by atoms with Crippen LogP contribution in [0.25, 0.3) is 42.9 Å². The largest absolute Gasteiger partial charge is 0.360 e. The Kier molecular flexibility index (Phi) is 6.47. The molecule has 190 valence electrons. The van der Waals surface area contributed by atoms with E-state index < -0.39 is 11.7 Å². The quantitative estimate of drug-likeness (QED) is 0.229. The summed E-state index contributed by atoms with van der Waals surface area (Å²) in [7, 11) is 2.01. The van der Waals surface area contributed by atoms with Crippen LogP contribution in [-0.2, 0) is 16.6 Å². The SMILES string of the molecule is CC(=O)[C@@H](OC(C)(C)C)c1c(C)cc2nc(-c3cnc4c(c3)c(C)cn4C)sc2c1-c1ccc(Cl)cc1. The molecule has 3 heterocycles. The monoisotopic (exact) mass is 531 g/mol. The molecule has 0 unspecified atom stereocenters. The molecule has 37 heavy (non-hydrogen) atoms. The fourth-order valence-electron chi connectivity index (χ4n) is 4.84. The van der Waals surface area contributed by atoms with E-state index in [4.69, 9.17) is 26.3 Å². The second-order valence-corrected chi connectivity index (χ2v) is 12.0. The van der Waals surface area contributed by atoms with Gasteiger partial charge in [0.2, 0.25) is 0 Å². The summed E-state index contributed by atoms with van der Waals surface area (Å²) in [5, 5.41) is 2.66. The van der Waals surface area contributed by atoms with Crippen molar-refractivity contribution in [2.45, 2.75) is 53.2 Å². The maximum atomic E-state index is 13.0. The number of halogens is 1. The topological polar surface area (TPSA) is 57.0 Å². The van der Waals surface area contributed by atoms with E-state index in [-0.39, 0.29) is 5.78 Å². The second-order valence-electron chi connectivity index (χ2n) is 10.6. The Bertz CT molecular complexity index is 1660. The third-order valence-electron chi connectivity index (χ3n) is 6.42. The van der Waals surface area contributed by atoms with Crippen LogP contribution in [0.15, 0.2) is 48.8 Å². The highest BCUT2D eigenvalue weighted by Crippen LogP contribution is 2.44. The third kappa shape index (κ3) is 4.81. The van der Waals surface area contributed by atoms with Crippen LogP contribution in [0.4, 0.5) is 0 Å². The van der Waals surface area contributed by atoms with E-state index in [0.29, 0.717) is 5.02 Å². The number of aryl methyl sites for hydroxylation is 3. The number of rotatable bonds is 5. The first-order chi connectivity index (χ1) is 17.4. The van der Waals surface area contributed by atoms with Gasteiger partial charge in [-0.1, -0.05) is 23.7 Å². The van der Waals surface area contributed by atoms with E-state index in [2.05, 4.69) is 25.3 Å². The first-order valence-corrected chi connectivity index (χ1v) is 13.4. The number of ether oxygens (including phenoxy) is 1. The van der Waals surface area contributed by atoms with Crippen LogP contribution in [0.2, 0.25) is 5.02 Å². The lowest BCUT2D eigenvalue weighted by Gasteiger charge is -2.29. The molecule has 1 atom stereocenters. The number of hydrogen-bond acceptors (Lipinski definition) is 5. The number of ketones is 1. The Morgan fingerprint density at radius 1 is 1.08 bits per heavy atom. The Morgan fingerprint density at radius 3 is 2.43 bits per heavy atom. The van der Waals surface area contributed by atoms with E-state index in [1.54, 1.807) is 18.3 Å². The molecular formula is C30H30ClN3O2S. The number of nitrogens with zero attached hydrogens (tertiary/aromatic N) is 3. The minimum atomic E-state index is -0.703. The zero-order valence-electron chi connectivity index (χ0n) is 22.1. The molecule has 3 aromatic heterocycles. The van der Waals surface area contributed by atoms with Crippen molar-refractivity contribution in [1.82, 2.24) is 14.5 Å². The normalized spacial score (nSPS) is 13.0. The van der Waals surface area contributed by atoms with Gasteiger partial charge in [0.05, 0.1) is 15.8 Å². The average Bonchev–Trinajstić information content (AvgIpc) is 3.37. The van der Waals surface area contributed by atoms with Crippen molar-refractivity contribution in [2.24, 2.45) is 7.05 Å². The summed E-state index contributed by atoms with van der Waals surface area (Å²) < 4.78 is 9.40. The Balaban J connectivity index is 1.78. The fraction of sp³-hybridized carbons (Fsp3) is 0.300. The highest BCUT2D eigenvalue weighted by atomic mass is 35.5. The molecule has 5 rings (SSSR count). The minimum Gasteiger partial charge on any atom is -0.360 e. The number of carbonyl (C=O) groups is 1. The summed E-state index contributed by atoms with van der Waals surface area (Å²) in [6.07, 6.45) is 3.27. The van der Waals surface area contributed by atoms with Crippen LogP contribution in [-0.4, -0.2) is 25.9 Å². The lowest BCUT2D eigenvalue weighted by Crippen LogP contribution is -2.27. The zero-order chi connectivity index (χ0) is 26.6. The van der Waals surface area contributed by atoms with Crippen LogP contribution in [0.5, 0.6) is 0 Å². The molecule has 0 aliphatic rings. The van der Waals surface area contributed by atoms with Gasteiger partial charge in [0.25, 0.3) is 0 Å². The van der Waals surface area contributed by atoms with Crippen LogP contribution < -0.4 is 0 Å². The minimum absolute atomic E-state index is 0.0356. The van der Waals surface area contributed by atoms with Crippen molar-refractivity contribution in [1.29, 1.82) is 0 Å².